The Morgan fingerprint density at radius 3 is 2.06 bits per heavy atom. The Morgan fingerprint density at radius 2 is 1.42 bits per heavy atom. The van der Waals surface area contributed by atoms with Crippen LogP contribution in [0.4, 0.5) is 9.59 Å². The lowest BCUT2D eigenvalue weighted by atomic mass is 9.93. The number of amides is 2. The number of aryl methyl sites for hydroxylation is 1. The molecule has 0 aromatic heterocycles. The fourth-order valence-corrected chi connectivity index (χ4v) is 3.97. The van der Waals surface area contributed by atoms with Crippen LogP contribution in [0.3, 0.4) is 0 Å². The zero-order valence-electron chi connectivity index (χ0n) is 18.0. The highest BCUT2D eigenvalue weighted by Crippen LogP contribution is 2.40. The molecule has 0 bridgehead atoms. The Hall–Kier alpha value is -4.13. The van der Waals surface area contributed by atoms with Gasteiger partial charge in [-0.15, -0.1) is 0 Å². The third kappa shape index (κ3) is 4.87. The van der Waals surface area contributed by atoms with Gasteiger partial charge in [-0.1, -0.05) is 84.9 Å². The molecule has 168 valence electrons. The Labute approximate surface area is 191 Å². The zero-order chi connectivity index (χ0) is 23.1. The van der Waals surface area contributed by atoms with Crippen LogP contribution in [-0.4, -0.2) is 23.5 Å². The fraction of sp³-hybridized carbons (Fsp3) is 0.192. The molecule has 1 aliphatic carbocycles. The van der Waals surface area contributed by atoms with E-state index in [0.29, 0.717) is 24.7 Å². The molecule has 7 nitrogen and oxygen atoms in total. The van der Waals surface area contributed by atoms with Crippen molar-refractivity contribution in [3.63, 3.8) is 0 Å². The summed E-state index contributed by atoms with van der Waals surface area (Å²) in [5, 5.41) is 0.960. The van der Waals surface area contributed by atoms with Crippen LogP contribution in [0, 0.1) is 0 Å². The van der Waals surface area contributed by atoms with E-state index in [4.69, 9.17) is 9.47 Å². The second-order valence-electron chi connectivity index (χ2n) is 7.75. The Morgan fingerprint density at radius 1 is 0.848 bits per heavy atom. The van der Waals surface area contributed by atoms with Crippen LogP contribution in [0.2, 0.25) is 0 Å². The average Bonchev–Trinajstić information content (AvgIpc) is 3.25. The van der Waals surface area contributed by atoms with Gasteiger partial charge in [0.2, 0.25) is 0 Å². The Balaban J connectivity index is 1.55. The number of fused-ring (bicyclic) bond motifs is 1. The van der Waals surface area contributed by atoms with Crippen LogP contribution in [-0.2, 0) is 39.4 Å². The van der Waals surface area contributed by atoms with Gasteiger partial charge in [-0.05, 0) is 35.1 Å². The van der Waals surface area contributed by atoms with Gasteiger partial charge >= 0.3 is 12.2 Å². The summed E-state index contributed by atoms with van der Waals surface area (Å²) in [7, 11) is 0. The van der Waals surface area contributed by atoms with Gasteiger partial charge in [-0.3, -0.25) is 0 Å². The van der Waals surface area contributed by atoms with E-state index < -0.39 is 17.7 Å². The second kappa shape index (κ2) is 9.99. The first-order valence-electron chi connectivity index (χ1n) is 10.7. The predicted molar refractivity (Wildman–Crippen MR) is 121 cm³/mol. The van der Waals surface area contributed by atoms with Crippen molar-refractivity contribution in [3.8, 4) is 0 Å². The van der Waals surface area contributed by atoms with Crippen molar-refractivity contribution in [2.75, 3.05) is 0 Å². The van der Waals surface area contributed by atoms with Crippen LogP contribution in [0.25, 0.3) is 0 Å². The molecule has 3 aromatic carbocycles. The van der Waals surface area contributed by atoms with Crippen LogP contribution in [0.15, 0.2) is 84.9 Å². The van der Waals surface area contributed by atoms with Gasteiger partial charge in [0.1, 0.15) is 18.8 Å². The highest BCUT2D eigenvalue weighted by Gasteiger charge is 2.48. The highest BCUT2D eigenvalue weighted by molar-refractivity contribution is 5.82. The van der Waals surface area contributed by atoms with Gasteiger partial charge in [0.25, 0.3) is 0 Å². The average molecular weight is 444 g/mol. The van der Waals surface area contributed by atoms with E-state index in [9.17, 15) is 14.4 Å². The first-order chi connectivity index (χ1) is 16.1. The van der Waals surface area contributed by atoms with Crippen LogP contribution in [0.1, 0.15) is 28.7 Å². The van der Waals surface area contributed by atoms with Crippen LogP contribution >= 0.6 is 0 Å². The third-order valence-corrected chi connectivity index (χ3v) is 5.66. The highest BCUT2D eigenvalue weighted by atomic mass is 16.6. The first kappa shape index (κ1) is 22.1. The lowest BCUT2D eigenvalue weighted by Gasteiger charge is -2.36. The van der Waals surface area contributed by atoms with E-state index in [0.717, 1.165) is 21.7 Å². The van der Waals surface area contributed by atoms with Crippen molar-refractivity contribution in [1.82, 2.24) is 10.4 Å². The number of aldehydes is 1. The SMILES string of the molecule is O=C[C@@]1(N(NC(=O)OCc2ccccc2)C(=O)OCc2ccccc2)CCc2ccccc21. The van der Waals surface area contributed by atoms with Crippen molar-refractivity contribution in [1.29, 1.82) is 0 Å². The Kier molecular flexibility index (Phi) is 6.69. The monoisotopic (exact) mass is 444 g/mol. The normalized spacial score (nSPS) is 16.4. The summed E-state index contributed by atoms with van der Waals surface area (Å²) in [4.78, 5) is 38.2. The molecule has 1 N–H and O–H groups in total. The van der Waals surface area contributed by atoms with E-state index in [1.165, 1.54) is 0 Å². The molecular weight excluding hydrogens is 420 g/mol. The minimum Gasteiger partial charge on any atom is -0.443 e. The van der Waals surface area contributed by atoms with Gasteiger partial charge in [-0.2, -0.15) is 5.01 Å². The molecule has 0 aliphatic heterocycles. The Bertz CT molecular complexity index is 1120. The van der Waals surface area contributed by atoms with Crippen molar-refractivity contribution in [3.05, 3.63) is 107 Å². The molecule has 3 aromatic rings. The topological polar surface area (TPSA) is 84.9 Å². The standard InChI is InChI=1S/C26H24N2O5/c29-19-26(16-15-22-13-7-8-14-23(22)26)28(25(31)33-18-21-11-5-2-6-12-21)27-24(30)32-17-20-9-3-1-4-10-20/h1-14,19H,15-18H2,(H,27,30)/t26-/m0/s1. The fourth-order valence-electron chi connectivity index (χ4n) is 3.97. The number of benzene rings is 3. The molecule has 7 heteroatoms. The molecule has 4 rings (SSSR count). The van der Waals surface area contributed by atoms with E-state index >= 15 is 0 Å². The largest absolute Gasteiger partial charge is 0.443 e. The number of rotatable bonds is 6. The van der Waals surface area contributed by atoms with Gasteiger partial charge in [0.05, 0.1) is 0 Å². The van der Waals surface area contributed by atoms with Crippen LogP contribution in [0.5, 0.6) is 0 Å². The molecule has 2 amide bonds. The molecule has 0 radical (unpaired) electrons. The van der Waals surface area contributed by atoms with E-state index in [1.807, 2.05) is 72.8 Å². The lowest BCUT2D eigenvalue weighted by Crippen LogP contribution is -2.58. The number of ether oxygens (including phenoxy) is 2. The molecule has 33 heavy (non-hydrogen) atoms. The summed E-state index contributed by atoms with van der Waals surface area (Å²) in [6.45, 7) is 0.0117. The van der Waals surface area contributed by atoms with Crippen molar-refractivity contribution >= 4 is 18.5 Å². The summed E-state index contributed by atoms with van der Waals surface area (Å²) < 4.78 is 10.8. The number of hydrogen-bond acceptors (Lipinski definition) is 5. The zero-order valence-corrected chi connectivity index (χ0v) is 18.0. The molecule has 0 saturated heterocycles. The molecule has 0 saturated carbocycles. The predicted octanol–water partition coefficient (Wildman–Crippen LogP) is 4.51. The number of nitrogens with zero attached hydrogens (tertiary/aromatic N) is 1. The van der Waals surface area contributed by atoms with Gasteiger partial charge < -0.3 is 14.3 Å². The van der Waals surface area contributed by atoms with E-state index in [1.54, 1.807) is 12.1 Å². The maximum Gasteiger partial charge on any atom is 0.430 e. The molecule has 0 spiro atoms. The molecule has 0 heterocycles. The van der Waals surface area contributed by atoms with Gasteiger partial charge in [0.15, 0.2) is 6.29 Å². The third-order valence-electron chi connectivity index (χ3n) is 5.66. The van der Waals surface area contributed by atoms with Gasteiger partial charge in [0, 0.05) is 0 Å². The number of nitrogens with one attached hydrogen (secondary N) is 1. The smallest absolute Gasteiger partial charge is 0.430 e. The molecule has 1 aliphatic rings. The molecule has 1 atom stereocenters. The number of carbonyl (C=O) groups excluding carboxylic acids is 3. The molecule has 0 fully saturated rings. The summed E-state index contributed by atoms with van der Waals surface area (Å²) in [5.74, 6) is 0. The number of hydrogen-bond donors (Lipinski definition) is 1. The van der Waals surface area contributed by atoms with Gasteiger partial charge in [-0.25, -0.2) is 15.0 Å². The van der Waals surface area contributed by atoms with Crippen molar-refractivity contribution in [2.45, 2.75) is 31.6 Å². The van der Waals surface area contributed by atoms with Crippen molar-refractivity contribution in [2.24, 2.45) is 0 Å². The van der Waals surface area contributed by atoms with E-state index in [-0.39, 0.29) is 13.2 Å². The number of hydrazine groups is 1. The number of carbonyl (C=O) groups is 3. The van der Waals surface area contributed by atoms with Crippen molar-refractivity contribution < 1.29 is 23.9 Å². The van der Waals surface area contributed by atoms with E-state index in [2.05, 4.69) is 5.43 Å². The maximum absolute atomic E-state index is 13.2. The summed E-state index contributed by atoms with van der Waals surface area (Å²) >= 11 is 0. The van der Waals surface area contributed by atoms with Crippen LogP contribution < -0.4 is 5.43 Å². The minimum atomic E-state index is -1.39. The molecule has 0 unspecified atom stereocenters. The summed E-state index contributed by atoms with van der Waals surface area (Å²) in [5.41, 5.74) is 4.24. The molecular formula is C26H24N2O5. The summed E-state index contributed by atoms with van der Waals surface area (Å²) in [6, 6.07) is 25.7. The maximum atomic E-state index is 13.2. The lowest BCUT2D eigenvalue weighted by molar-refractivity contribution is -0.120. The first-order valence-corrected chi connectivity index (χ1v) is 10.7. The quantitative estimate of drug-likeness (QED) is 0.447. The minimum absolute atomic E-state index is 0.00645. The second-order valence-corrected chi connectivity index (χ2v) is 7.75. The summed E-state index contributed by atoms with van der Waals surface area (Å²) in [6.07, 6.45) is -0.131.